The van der Waals surface area contributed by atoms with Gasteiger partial charge in [0.05, 0.1) is 27.8 Å². The molecule has 1 N–H and O–H groups in total. The number of carbonyl (C=O) groups is 1. The molecular formula is C20H22N6OS. The van der Waals surface area contributed by atoms with E-state index in [9.17, 15) is 4.79 Å². The molecular weight excluding hydrogens is 372 g/mol. The average molecular weight is 395 g/mol. The van der Waals surface area contributed by atoms with Crippen LogP contribution in [0.3, 0.4) is 0 Å². The Kier molecular flexibility index (Phi) is 4.25. The van der Waals surface area contributed by atoms with Crippen LogP contribution in [0.4, 0.5) is 10.6 Å². The van der Waals surface area contributed by atoms with Crippen LogP contribution in [0.2, 0.25) is 0 Å². The predicted octanol–water partition coefficient (Wildman–Crippen LogP) is 3.21. The maximum Gasteiger partial charge on any atom is 0.323 e. The van der Waals surface area contributed by atoms with Gasteiger partial charge < -0.3 is 5.32 Å². The van der Waals surface area contributed by atoms with Gasteiger partial charge in [-0.05, 0) is 49.6 Å². The number of piperidine rings is 1. The number of urea groups is 1. The van der Waals surface area contributed by atoms with Gasteiger partial charge in [-0.1, -0.05) is 6.07 Å². The second-order valence-corrected chi connectivity index (χ2v) is 8.56. The molecule has 2 aromatic heterocycles. The number of hydrogen-bond donors (Lipinski definition) is 1. The Bertz CT molecular complexity index is 998. The molecule has 8 heteroatoms. The molecule has 2 saturated heterocycles. The van der Waals surface area contributed by atoms with Crippen LogP contribution in [0.5, 0.6) is 0 Å². The van der Waals surface area contributed by atoms with E-state index in [4.69, 9.17) is 0 Å². The molecule has 1 atom stereocenters. The van der Waals surface area contributed by atoms with Gasteiger partial charge in [0.15, 0.2) is 5.82 Å². The zero-order valence-electron chi connectivity index (χ0n) is 15.7. The first kappa shape index (κ1) is 17.5. The van der Waals surface area contributed by atoms with Gasteiger partial charge in [-0.2, -0.15) is 5.10 Å². The lowest BCUT2D eigenvalue weighted by molar-refractivity contribution is 0.121. The number of amides is 2. The van der Waals surface area contributed by atoms with E-state index in [1.165, 1.54) is 10.3 Å². The molecule has 0 radical (unpaired) electrons. The molecule has 1 aromatic carbocycles. The van der Waals surface area contributed by atoms with Gasteiger partial charge in [0, 0.05) is 25.3 Å². The molecule has 4 heterocycles. The van der Waals surface area contributed by atoms with Crippen LogP contribution in [0.1, 0.15) is 31.4 Å². The lowest BCUT2D eigenvalue weighted by atomic mass is 9.87. The van der Waals surface area contributed by atoms with Crippen molar-refractivity contribution >= 4 is 33.4 Å². The van der Waals surface area contributed by atoms with Crippen LogP contribution >= 0.6 is 11.3 Å². The van der Waals surface area contributed by atoms with Crippen molar-refractivity contribution in [3.8, 4) is 0 Å². The molecule has 2 fully saturated rings. The standard InChI is InChI=1S/C20H22N6OS/c1-14(15-4-5-17-16(11-15)21-13-28-17)25-9-6-20(7-10-25)12-26(19(27)23-20)18-3-2-8-22-24-18/h2-5,8,11,13-14H,6-7,9-10,12H2,1H3,(H,23,27)/t14-/m1/s1. The highest BCUT2D eigenvalue weighted by Crippen LogP contribution is 2.34. The van der Waals surface area contributed by atoms with E-state index < -0.39 is 0 Å². The van der Waals surface area contributed by atoms with Crippen molar-refractivity contribution in [1.82, 2.24) is 25.4 Å². The quantitative estimate of drug-likeness (QED) is 0.738. The Morgan fingerprint density at radius 1 is 1.25 bits per heavy atom. The largest absolute Gasteiger partial charge is 0.330 e. The molecule has 2 aliphatic rings. The number of carbonyl (C=O) groups excluding carboxylic acids is 1. The lowest BCUT2D eigenvalue weighted by Crippen LogP contribution is -2.52. The first-order valence-electron chi connectivity index (χ1n) is 9.58. The Morgan fingerprint density at radius 3 is 2.89 bits per heavy atom. The summed E-state index contributed by atoms with van der Waals surface area (Å²) < 4.78 is 1.23. The second kappa shape index (κ2) is 6.79. The van der Waals surface area contributed by atoms with E-state index in [1.54, 1.807) is 22.4 Å². The zero-order chi connectivity index (χ0) is 19.1. The van der Waals surface area contributed by atoms with Gasteiger partial charge >= 0.3 is 6.03 Å². The van der Waals surface area contributed by atoms with Crippen LogP contribution in [-0.4, -0.2) is 51.3 Å². The zero-order valence-corrected chi connectivity index (χ0v) is 16.5. The summed E-state index contributed by atoms with van der Waals surface area (Å²) in [7, 11) is 0. The maximum atomic E-state index is 12.5. The van der Waals surface area contributed by atoms with E-state index in [2.05, 4.69) is 50.5 Å². The van der Waals surface area contributed by atoms with Gasteiger partial charge in [-0.3, -0.25) is 9.80 Å². The number of hydrogen-bond acceptors (Lipinski definition) is 6. The third-order valence-corrected chi connectivity index (χ3v) is 6.86. The van der Waals surface area contributed by atoms with Crippen molar-refractivity contribution in [2.45, 2.75) is 31.3 Å². The third kappa shape index (κ3) is 3.02. The fraction of sp³-hybridized carbons (Fsp3) is 0.400. The van der Waals surface area contributed by atoms with Crippen LogP contribution in [0.15, 0.2) is 42.0 Å². The summed E-state index contributed by atoms with van der Waals surface area (Å²) in [6, 6.07) is 10.5. The van der Waals surface area contributed by atoms with Gasteiger partial charge in [0.1, 0.15) is 0 Å². The number of rotatable bonds is 3. The summed E-state index contributed by atoms with van der Waals surface area (Å²) in [4.78, 5) is 21.2. The molecule has 28 heavy (non-hydrogen) atoms. The third-order valence-electron chi connectivity index (χ3n) is 6.05. The summed E-state index contributed by atoms with van der Waals surface area (Å²) >= 11 is 1.68. The summed E-state index contributed by atoms with van der Waals surface area (Å²) in [5.41, 5.74) is 4.09. The first-order chi connectivity index (χ1) is 13.6. The van der Waals surface area contributed by atoms with Crippen molar-refractivity contribution < 1.29 is 4.79 Å². The smallest absolute Gasteiger partial charge is 0.323 e. The monoisotopic (exact) mass is 394 g/mol. The summed E-state index contributed by atoms with van der Waals surface area (Å²) in [6.07, 6.45) is 3.48. The predicted molar refractivity (Wildman–Crippen MR) is 109 cm³/mol. The van der Waals surface area contributed by atoms with Crippen LogP contribution in [0.25, 0.3) is 10.2 Å². The molecule has 0 unspecified atom stereocenters. The Labute approximate surface area is 167 Å². The number of likely N-dealkylation sites (tertiary alicyclic amines) is 1. The highest BCUT2D eigenvalue weighted by Gasteiger charge is 2.45. The molecule has 7 nitrogen and oxygen atoms in total. The molecule has 3 aromatic rings. The molecule has 2 aliphatic heterocycles. The minimum atomic E-state index is -0.177. The lowest BCUT2D eigenvalue weighted by Gasteiger charge is -2.41. The highest BCUT2D eigenvalue weighted by molar-refractivity contribution is 7.16. The molecule has 0 aliphatic carbocycles. The number of anilines is 1. The number of thiazole rings is 1. The second-order valence-electron chi connectivity index (χ2n) is 7.67. The first-order valence-corrected chi connectivity index (χ1v) is 10.5. The number of nitrogens with zero attached hydrogens (tertiary/aromatic N) is 5. The van der Waals surface area contributed by atoms with E-state index in [0.29, 0.717) is 18.4 Å². The van der Waals surface area contributed by atoms with E-state index in [1.807, 2.05) is 17.6 Å². The van der Waals surface area contributed by atoms with Gasteiger partial charge in [-0.25, -0.2) is 9.78 Å². The Balaban J connectivity index is 1.27. The Hall–Kier alpha value is -2.58. The highest BCUT2D eigenvalue weighted by atomic mass is 32.1. The van der Waals surface area contributed by atoms with Gasteiger partial charge in [0.2, 0.25) is 0 Å². The Morgan fingerprint density at radius 2 is 2.11 bits per heavy atom. The summed E-state index contributed by atoms with van der Waals surface area (Å²) in [5, 5.41) is 11.2. The normalized spacial score (nSPS) is 20.6. The SMILES string of the molecule is C[C@H](c1ccc2scnc2c1)N1CCC2(CC1)CN(c1cccnn1)C(=O)N2. The molecule has 0 saturated carbocycles. The minimum absolute atomic E-state index is 0.0732. The number of benzene rings is 1. The topological polar surface area (TPSA) is 74.2 Å². The van der Waals surface area contributed by atoms with Crippen molar-refractivity contribution in [2.24, 2.45) is 0 Å². The number of nitrogens with one attached hydrogen (secondary N) is 1. The maximum absolute atomic E-state index is 12.5. The van der Waals surface area contributed by atoms with Crippen LogP contribution in [-0.2, 0) is 0 Å². The number of fused-ring (bicyclic) bond motifs is 1. The summed E-state index contributed by atoms with van der Waals surface area (Å²) in [5.74, 6) is 0.615. The fourth-order valence-electron chi connectivity index (χ4n) is 4.30. The fourth-order valence-corrected chi connectivity index (χ4v) is 4.96. The molecule has 144 valence electrons. The van der Waals surface area contributed by atoms with Crippen molar-refractivity contribution in [2.75, 3.05) is 24.5 Å². The number of aromatic nitrogens is 3. The van der Waals surface area contributed by atoms with Crippen molar-refractivity contribution in [3.05, 3.63) is 47.6 Å². The van der Waals surface area contributed by atoms with Crippen molar-refractivity contribution in [3.63, 3.8) is 0 Å². The van der Waals surface area contributed by atoms with Crippen LogP contribution in [0, 0.1) is 0 Å². The van der Waals surface area contributed by atoms with E-state index in [0.717, 1.165) is 31.4 Å². The van der Waals surface area contributed by atoms with Crippen molar-refractivity contribution in [1.29, 1.82) is 0 Å². The van der Waals surface area contributed by atoms with Gasteiger partial charge in [0.25, 0.3) is 0 Å². The summed E-state index contributed by atoms with van der Waals surface area (Å²) in [6.45, 7) is 4.80. The average Bonchev–Trinajstić information content (AvgIpc) is 3.32. The minimum Gasteiger partial charge on any atom is -0.330 e. The van der Waals surface area contributed by atoms with Crippen LogP contribution < -0.4 is 10.2 Å². The molecule has 5 rings (SSSR count). The molecule has 0 bridgehead atoms. The molecule has 2 amide bonds. The van der Waals surface area contributed by atoms with E-state index in [-0.39, 0.29) is 11.6 Å². The van der Waals surface area contributed by atoms with E-state index >= 15 is 0 Å². The van der Waals surface area contributed by atoms with Gasteiger partial charge in [-0.15, -0.1) is 16.4 Å². The molecule has 1 spiro atoms.